The van der Waals surface area contributed by atoms with Gasteiger partial charge in [0, 0.05) is 11.5 Å². The first kappa shape index (κ1) is 13.7. The zero-order valence-corrected chi connectivity index (χ0v) is 11.9. The lowest BCUT2D eigenvalue weighted by Crippen LogP contribution is -2.38. The summed E-state index contributed by atoms with van der Waals surface area (Å²) < 4.78 is 10.5. The van der Waals surface area contributed by atoms with Crippen LogP contribution in [0.1, 0.15) is 23.6 Å². The molecule has 0 saturated carbocycles. The highest BCUT2D eigenvalue weighted by Crippen LogP contribution is 2.43. The third kappa shape index (κ3) is 2.00. The molecule has 0 bridgehead atoms. The predicted molar refractivity (Wildman–Crippen MR) is 73.1 cm³/mol. The number of hydrogen-bond donors (Lipinski definition) is 0. The summed E-state index contributed by atoms with van der Waals surface area (Å²) in [4.78, 5) is 24.5. The van der Waals surface area contributed by atoms with Gasteiger partial charge in [-0.25, -0.2) is 0 Å². The zero-order valence-electron chi connectivity index (χ0n) is 11.9. The number of hydrogen-bond acceptors (Lipinski definition) is 5. The van der Waals surface area contributed by atoms with Crippen LogP contribution in [-0.4, -0.2) is 42.5 Å². The van der Waals surface area contributed by atoms with Gasteiger partial charge < -0.3 is 14.4 Å². The van der Waals surface area contributed by atoms with Crippen molar-refractivity contribution in [1.29, 1.82) is 0 Å². The van der Waals surface area contributed by atoms with Crippen LogP contribution in [0.5, 0.6) is 11.5 Å². The van der Waals surface area contributed by atoms with Crippen LogP contribution in [-0.2, 0) is 11.2 Å². The van der Waals surface area contributed by atoms with E-state index in [4.69, 9.17) is 9.47 Å². The van der Waals surface area contributed by atoms with Crippen LogP contribution in [0.4, 0.5) is 0 Å². The molecule has 21 heavy (non-hydrogen) atoms. The van der Waals surface area contributed by atoms with E-state index in [0.717, 1.165) is 11.1 Å². The number of carbonyl (C=O) groups excluding carboxylic acids is 1. The lowest BCUT2D eigenvalue weighted by molar-refractivity contribution is -0.525. The van der Waals surface area contributed by atoms with Crippen molar-refractivity contribution in [2.45, 2.75) is 24.9 Å². The Bertz CT molecular complexity index is 616. The van der Waals surface area contributed by atoms with Crippen LogP contribution >= 0.6 is 0 Å². The van der Waals surface area contributed by atoms with E-state index in [2.05, 4.69) is 0 Å². The van der Waals surface area contributed by atoms with E-state index in [1.54, 1.807) is 18.1 Å². The molecule has 2 atom stereocenters. The van der Waals surface area contributed by atoms with E-state index in [1.165, 1.54) is 7.11 Å². The number of nitro groups is 1. The number of fused-ring (bicyclic) bond motifs is 3. The van der Waals surface area contributed by atoms with Gasteiger partial charge in [-0.1, -0.05) is 0 Å². The molecule has 112 valence electrons. The molecule has 1 amide bonds. The average Bonchev–Trinajstić information content (AvgIpc) is 2.83. The van der Waals surface area contributed by atoms with Gasteiger partial charge in [-0.05, 0) is 29.7 Å². The van der Waals surface area contributed by atoms with E-state index in [0.29, 0.717) is 24.5 Å². The predicted octanol–water partition coefficient (Wildman–Crippen LogP) is 1.18. The van der Waals surface area contributed by atoms with E-state index in [1.807, 2.05) is 6.07 Å². The van der Waals surface area contributed by atoms with Crippen LogP contribution in [0, 0.1) is 10.1 Å². The Morgan fingerprint density at radius 1 is 1.29 bits per heavy atom. The van der Waals surface area contributed by atoms with Crippen LogP contribution in [0.2, 0.25) is 0 Å². The second kappa shape index (κ2) is 4.91. The van der Waals surface area contributed by atoms with Gasteiger partial charge >= 0.3 is 0 Å². The van der Waals surface area contributed by atoms with Crippen molar-refractivity contribution in [3.63, 3.8) is 0 Å². The molecule has 1 aromatic rings. The fourth-order valence-corrected chi connectivity index (χ4v) is 3.27. The molecule has 0 spiro atoms. The Balaban J connectivity index is 2.11. The van der Waals surface area contributed by atoms with Crippen molar-refractivity contribution in [2.75, 3.05) is 20.8 Å². The quantitative estimate of drug-likeness (QED) is 0.617. The van der Waals surface area contributed by atoms with Crippen molar-refractivity contribution >= 4 is 5.91 Å². The third-order valence-corrected chi connectivity index (χ3v) is 4.26. The van der Waals surface area contributed by atoms with Gasteiger partial charge in [-0.2, -0.15) is 0 Å². The largest absolute Gasteiger partial charge is 0.493 e. The summed E-state index contributed by atoms with van der Waals surface area (Å²) in [6.07, 6.45) is 0.633. The van der Waals surface area contributed by atoms with Crippen LogP contribution < -0.4 is 9.47 Å². The smallest absolute Gasteiger partial charge is 0.246 e. The molecule has 1 aromatic carbocycles. The summed E-state index contributed by atoms with van der Waals surface area (Å²) in [6.45, 7) is 0.510. The van der Waals surface area contributed by atoms with Crippen molar-refractivity contribution in [3.8, 4) is 11.5 Å². The van der Waals surface area contributed by atoms with Crippen LogP contribution in [0.15, 0.2) is 12.1 Å². The Hall–Kier alpha value is -2.31. The minimum atomic E-state index is -0.894. The SMILES string of the molecule is COc1cc2c(cc1OC)[C@@H]1[C@@H]([N+](=O)[O-])CC(=O)N1CC2. The summed E-state index contributed by atoms with van der Waals surface area (Å²) >= 11 is 0. The van der Waals surface area contributed by atoms with E-state index >= 15 is 0 Å². The standard InChI is InChI=1S/C14H16N2O5/c1-20-11-5-8-3-4-15-13(17)7-10(16(18)19)14(15)9(8)6-12(11)21-2/h5-6,10,14H,3-4,7H2,1-2H3/t10-,14+/m0/s1. The summed E-state index contributed by atoms with van der Waals surface area (Å²) in [5.74, 6) is 0.980. The minimum absolute atomic E-state index is 0.0363. The van der Waals surface area contributed by atoms with Crippen molar-refractivity contribution in [3.05, 3.63) is 33.4 Å². The third-order valence-electron chi connectivity index (χ3n) is 4.26. The molecule has 1 saturated heterocycles. The monoisotopic (exact) mass is 292 g/mol. The number of amides is 1. The molecule has 7 heteroatoms. The molecule has 2 aliphatic rings. The van der Waals surface area contributed by atoms with Gasteiger partial charge in [0.25, 0.3) is 0 Å². The average molecular weight is 292 g/mol. The zero-order chi connectivity index (χ0) is 15.1. The molecule has 0 radical (unpaired) electrons. The number of rotatable bonds is 3. The maximum Gasteiger partial charge on any atom is 0.246 e. The highest BCUT2D eigenvalue weighted by molar-refractivity contribution is 5.80. The second-order valence-electron chi connectivity index (χ2n) is 5.24. The molecule has 0 aromatic heterocycles. The molecular weight excluding hydrogens is 276 g/mol. The first-order valence-corrected chi connectivity index (χ1v) is 6.74. The fourth-order valence-electron chi connectivity index (χ4n) is 3.27. The first-order valence-electron chi connectivity index (χ1n) is 6.74. The van der Waals surface area contributed by atoms with E-state index < -0.39 is 12.1 Å². The van der Waals surface area contributed by atoms with E-state index in [9.17, 15) is 14.9 Å². The molecule has 2 heterocycles. The number of ether oxygens (including phenoxy) is 2. The Morgan fingerprint density at radius 3 is 2.57 bits per heavy atom. The highest BCUT2D eigenvalue weighted by atomic mass is 16.6. The molecular formula is C14H16N2O5. The summed E-state index contributed by atoms with van der Waals surface area (Å²) in [5, 5.41) is 11.3. The lowest BCUT2D eigenvalue weighted by atomic mass is 9.90. The maximum atomic E-state index is 12.0. The van der Waals surface area contributed by atoms with Crippen molar-refractivity contribution < 1.29 is 19.2 Å². The fraction of sp³-hybridized carbons (Fsp3) is 0.500. The maximum absolute atomic E-state index is 12.0. The van der Waals surface area contributed by atoms with Crippen molar-refractivity contribution in [1.82, 2.24) is 4.90 Å². The Kier molecular flexibility index (Phi) is 3.19. The normalized spacial score (nSPS) is 23.5. The Labute approximate surface area is 121 Å². The van der Waals surface area contributed by atoms with Gasteiger partial charge in [-0.3, -0.25) is 14.9 Å². The first-order chi connectivity index (χ1) is 10.1. The number of methoxy groups -OCH3 is 2. The number of carbonyl (C=O) groups is 1. The summed E-state index contributed by atoms with van der Waals surface area (Å²) in [7, 11) is 3.08. The Morgan fingerprint density at radius 2 is 1.95 bits per heavy atom. The second-order valence-corrected chi connectivity index (χ2v) is 5.24. The molecule has 0 N–H and O–H groups in total. The van der Waals surface area contributed by atoms with Gasteiger partial charge in [0.15, 0.2) is 11.5 Å². The molecule has 0 aliphatic carbocycles. The molecule has 3 rings (SSSR count). The van der Waals surface area contributed by atoms with Gasteiger partial charge in [0.1, 0.15) is 6.04 Å². The lowest BCUT2D eigenvalue weighted by Gasteiger charge is -2.32. The summed E-state index contributed by atoms with van der Waals surface area (Å²) in [6, 6.07) is 2.22. The molecule has 7 nitrogen and oxygen atoms in total. The van der Waals surface area contributed by atoms with Gasteiger partial charge in [0.05, 0.1) is 20.6 Å². The van der Waals surface area contributed by atoms with Gasteiger partial charge in [-0.15, -0.1) is 0 Å². The molecule has 2 aliphatic heterocycles. The molecule has 0 unspecified atom stereocenters. The van der Waals surface area contributed by atoms with Gasteiger partial charge in [0.2, 0.25) is 11.9 Å². The van der Waals surface area contributed by atoms with Crippen molar-refractivity contribution in [2.24, 2.45) is 0 Å². The topological polar surface area (TPSA) is 81.9 Å². The molecule has 1 fully saturated rings. The van der Waals surface area contributed by atoms with Crippen LogP contribution in [0.3, 0.4) is 0 Å². The van der Waals surface area contributed by atoms with Crippen LogP contribution in [0.25, 0.3) is 0 Å². The summed E-state index contributed by atoms with van der Waals surface area (Å²) in [5.41, 5.74) is 1.78. The number of benzene rings is 1. The van der Waals surface area contributed by atoms with E-state index in [-0.39, 0.29) is 17.3 Å². The minimum Gasteiger partial charge on any atom is -0.493 e. The number of nitrogens with zero attached hydrogens (tertiary/aromatic N) is 2. The highest BCUT2D eigenvalue weighted by Gasteiger charge is 2.50.